The summed E-state index contributed by atoms with van der Waals surface area (Å²) in [6.45, 7) is 2.84. The van der Waals surface area contributed by atoms with E-state index in [4.69, 9.17) is 4.74 Å². The molecule has 3 aromatic rings. The van der Waals surface area contributed by atoms with Crippen LogP contribution < -0.4 is 15.6 Å². The number of ether oxygens (including phenoxy) is 1. The smallest absolute Gasteiger partial charge is 0.280 e. The van der Waals surface area contributed by atoms with Gasteiger partial charge in [-0.05, 0) is 42.1 Å². The third-order valence-corrected chi connectivity index (χ3v) is 4.21. The van der Waals surface area contributed by atoms with Gasteiger partial charge in [0.05, 0.1) is 11.5 Å². The summed E-state index contributed by atoms with van der Waals surface area (Å²) in [5.74, 6) is 1.13. The molecule has 0 aliphatic heterocycles. The molecule has 0 spiro atoms. The van der Waals surface area contributed by atoms with E-state index < -0.39 is 0 Å². The highest BCUT2D eigenvalue weighted by molar-refractivity contribution is 7.13. The topological polar surface area (TPSA) is 79.9 Å². The lowest BCUT2D eigenvalue weighted by molar-refractivity contribution is 0.309. The minimum Gasteiger partial charge on any atom is -0.494 e. The number of H-pyrrole nitrogens is 1. The molecule has 2 N–H and O–H groups in total. The van der Waals surface area contributed by atoms with E-state index in [2.05, 4.69) is 27.4 Å². The first kappa shape index (κ1) is 16.2. The summed E-state index contributed by atoms with van der Waals surface area (Å²) < 4.78 is 5.62. The normalized spacial score (nSPS) is 10.5. The minimum absolute atomic E-state index is 0.269. The van der Waals surface area contributed by atoms with Gasteiger partial charge in [0.2, 0.25) is 5.95 Å². The predicted molar refractivity (Wildman–Crippen MR) is 96.1 cm³/mol. The molecule has 0 amide bonds. The SMILES string of the molecule is CCCCOc1ccc(Nc2nnc(-c3cccs3)c(=O)[nH]2)cc1. The molecule has 24 heavy (non-hydrogen) atoms. The number of rotatable bonds is 7. The van der Waals surface area contributed by atoms with Gasteiger partial charge >= 0.3 is 0 Å². The van der Waals surface area contributed by atoms with Crippen LogP contribution in [0.2, 0.25) is 0 Å². The molecule has 0 atom stereocenters. The van der Waals surface area contributed by atoms with Gasteiger partial charge in [-0.3, -0.25) is 9.78 Å². The number of nitrogens with zero attached hydrogens (tertiary/aromatic N) is 2. The van der Waals surface area contributed by atoms with Crippen molar-refractivity contribution in [1.82, 2.24) is 15.2 Å². The van der Waals surface area contributed by atoms with Gasteiger partial charge in [-0.25, -0.2) is 0 Å². The number of thiophene rings is 1. The van der Waals surface area contributed by atoms with Crippen LogP contribution in [0.5, 0.6) is 5.75 Å². The largest absolute Gasteiger partial charge is 0.494 e. The van der Waals surface area contributed by atoms with Gasteiger partial charge in [-0.15, -0.1) is 21.5 Å². The van der Waals surface area contributed by atoms with Crippen LogP contribution in [0.15, 0.2) is 46.6 Å². The maximum atomic E-state index is 12.1. The average Bonchev–Trinajstić information content (AvgIpc) is 3.11. The summed E-state index contributed by atoms with van der Waals surface area (Å²) in [5.41, 5.74) is 0.858. The van der Waals surface area contributed by atoms with Crippen molar-refractivity contribution in [3.63, 3.8) is 0 Å². The van der Waals surface area contributed by atoms with Gasteiger partial charge in [0, 0.05) is 5.69 Å². The Morgan fingerprint density at radius 3 is 2.71 bits per heavy atom. The van der Waals surface area contributed by atoms with E-state index in [1.165, 1.54) is 11.3 Å². The summed E-state index contributed by atoms with van der Waals surface area (Å²) in [5, 5.41) is 13.0. The second kappa shape index (κ2) is 7.74. The molecular formula is C17H18N4O2S. The highest BCUT2D eigenvalue weighted by Crippen LogP contribution is 2.20. The van der Waals surface area contributed by atoms with Gasteiger partial charge in [-0.2, -0.15) is 0 Å². The van der Waals surface area contributed by atoms with Crippen LogP contribution in [0.1, 0.15) is 19.8 Å². The Morgan fingerprint density at radius 1 is 1.21 bits per heavy atom. The van der Waals surface area contributed by atoms with E-state index in [0.717, 1.165) is 29.2 Å². The molecule has 0 saturated heterocycles. The first-order valence-electron chi connectivity index (χ1n) is 7.77. The summed E-state index contributed by atoms with van der Waals surface area (Å²) in [4.78, 5) is 15.6. The third kappa shape index (κ3) is 3.99. The molecule has 0 bridgehead atoms. The lowest BCUT2D eigenvalue weighted by Crippen LogP contribution is -2.15. The van der Waals surface area contributed by atoms with Gasteiger partial charge in [-0.1, -0.05) is 19.4 Å². The van der Waals surface area contributed by atoms with E-state index >= 15 is 0 Å². The van der Waals surface area contributed by atoms with Gasteiger partial charge < -0.3 is 10.1 Å². The molecule has 3 rings (SSSR count). The molecule has 0 radical (unpaired) electrons. The van der Waals surface area contributed by atoms with Crippen molar-refractivity contribution in [2.75, 3.05) is 11.9 Å². The molecule has 2 aromatic heterocycles. The van der Waals surface area contributed by atoms with E-state index in [-0.39, 0.29) is 5.56 Å². The van der Waals surface area contributed by atoms with Crippen LogP contribution in [0, 0.1) is 0 Å². The molecular weight excluding hydrogens is 324 g/mol. The number of aromatic nitrogens is 3. The number of nitrogens with one attached hydrogen (secondary N) is 2. The summed E-state index contributed by atoms with van der Waals surface area (Å²) >= 11 is 1.45. The lowest BCUT2D eigenvalue weighted by Gasteiger charge is -2.08. The number of unbranched alkanes of at least 4 members (excludes halogenated alkanes) is 1. The lowest BCUT2D eigenvalue weighted by atomic mass is 10.3. The number of aromatic amines is 1. The Bertz CT molecular complexity index is 829. The van der Waals surface area contributed by atoms with Crippen molar-refractivity contribution in [3.8, 4) is 16.3 Å². The van der Waals surface area contributed by atoms with Crippen molar-refractivity contribution in [3.05, 3.63) is 52.1 Å². The van der Waals surface area contributed by atoms with Crippen molar-refractivity contribution in [2.24, 2.45) is 0 Å². The van der Waals surface area contributed by atoms with Crippen LogP contribution in [-0.2, 0) is 0 Å². The highest BCUT2D eigenvalue weighted by atomic mass is 32.1. The molecule has 1 aromatic carbocycles. The minimum atomic E-state index is -0.269. The van der Waals surface area contributed by atoms with Gasteiger partial charge in [0.15, 0.2) is 5.69 Å². The van der Waals surface area contributed by atoms with Crippen LogP contribution in [0.3, 0.4) is 0 Å². The standard InChI is InChI=1S/C17H18N4O2S/c1-2-3-10-23-13-8-6-12(7-9-13)18-17-19-16(22)15(20-21-17)14-5-4-11-24-14/h4-9,11H,2-3,10H2,1H3,(H2,18,19,21,22). The average molecular weight is 342 g/mol. The zero-order valence-electron chi connectivity index (χ0n) is 13.3. The second-order valence-electron chi connectivity index (χ2n) is 5.18. The fourth-order valence-corrected chi connectivity index (χ4v) is 2.78. The van der Waals surface area contributed by atoms with Crippen molar-refractivity contribution < 1.29 is 4.74 Å². The Hall–Kier alpha value is -2.67. The summed E-state index contributed by atoms with van der Waals surface area (Å²) in [7, 11) is 0. The number of anilines is 2. The fraction of sp³-hybridized carbons (Fsp3) is 0.235. The molecule has 2 heterocycles. The first-order valence-corrected chi connectivity index (χ1v) is 8.65. The zero-order valence-corrected chi connectivity index (χ0v) is 14.1. The number of hydrogen-bond donors (Lipinski definition) is 2. The molecule has 0 saturated carbocycles. The quantitative estimate of drug-likeness (QED) is 0.638. The Balaban J connectivity index is 1.68. The first-order chi connectivity index (χ1) is 11.8. The molecule has 0 aliphatic rings. The van der Waals surface area contributed by atoms with Gasteiger partial charge in [0.1, 0.15) is 5.75 Å². The fourth-order valence-electron chi connectivity index (χ4n) is 2.07. The molecule has 7 heteroatoms. The third-order valence-electron chi connectivity index (χ3n) is 3.34. The van der Waals surface area contributed by atoms with E-state index in [9.17, 15) is 4.79 Å². The van der Waals surface area contributed by atoms with Crippen LogP contribution in [0.25, 0.3) is 10.6 Å². The Kier molecular flexibility index (Phi) is 5.22. The molecule has 0 unspecified atom stereocenters. The number of benzene rings is 1. The van der Waals surface area contributed by atoms with Crippen molar-refractivity contribution in [2.45, 2.75) is 19.8 Å². The second-order valence-corrected chi connectivity index (χ2v) is 6.13. The van der Waals surface area contributed by atoms with Crippen molar-refractivity contribution in [1.29, 1.82) is 0 Å². The maximum Gasteiger partial charge on any atom is 0.280 e. The monoisotopic (exact) mass is 342 g/mol. The summed E-state index contributed by atoms with van der Waals surface area (Å²) in [6, 6.07) is 11.2. The Labute approximate surface area is 143 Å². The van der Waals surface area contributed by atoms with Crippen molar-refractivity contribution >= 4 is 23.0 Å². The maximum absolute atomic E-state index is 12.1. The number of hydrogen-bond acceptors (Lipinski definition) is 6. The zero-order chi connectivity index (χ0) is 16.8. The van der Waals surface area contributed by atoms with E-state index in [0.29, 0.717) is 18.2 Å². The summed E-state index contributed by atoms with van der Waals surface area (Å²) in [6.07, 6.45) is 2.14. The molecule has 6 nitrogen and oxygen atoms in total. The van der Waals surface area contributed by atoms with Crippen LogP contribution in [-0.4, -0.2) is 21.8 Å². The molecule has 124 valence electrons. The van der Waals surface area contributed by atoms with Crippen LogP contribution in [0.4, 0.5) is 11.6 Å². The molecule has 0 fully saturated rings. The molecule has 0 aliphatic carbocycles. The van der Waals surface area contributed by atoms with E-state index in [1.807, 2.05) is 41.8 Å². The van der Waals surface area contributed by atoms with Crippen LogP contribution >= 0.6 is 11.3 Å². The van der Waals surface area contributed by atoms with E-state index in [1.54, 1.807) is 0 Å². The van der Waals surface area contributed by atoms with Gasteiger partial charge in [0.25, 0.3) is 5.56 Å². The highest BCUT2D eigenvalue weighted by Gasteiger charge is 2.08. The predicted octanol–water partition coefficient (Wildman–Crippen LogP) is 3.82. The Morgan fingerprint density at radius 2 is 2.04 bits per heavy atom.